The van der Waals surface area contributed by atoms with Crippen LogP contribution in [0.4, 0.5) is 0 Å². The zero-order valence-corrected chi connectivity index (χ0v) is 16.1. The summed E-state index contributed by atoms with van der Waals surface area (Å²) in [6.45, 7) is 2.36. The van der Waals surface area contributed by atoms with Gasteiger partial charge in [0.25, 0.3) is 4.67 Å². The van der Waals surface area contributed by atoms with E-state index in [1.165, 1.54) is 34.8 Å². The standard InChI is InChI=1S/C15H16NOS3.HI/c17-13(12-6-2-1-3-7-12)11-18-15-10-14(19-20-15)16-8-4-5-9-16;/h1-3,6-7,10H,4-5,8-9,11H2;1H/q+1;/p-1. The van der Waals surface area contributed by atoms with Crippen molar-refractivity contribution in [3.63, 3.8) is 0 Å². The average molecular weight is 449 g/mol. The predicted octanol–water partition coefficient (Wildman–Crippen LogP) is 0.355. The summed E-state index contributed by atoms with van der Waals surface area (Å²) in [6.07, 6.45) is 2.61. The van der Waals surface area contributed by atoms with Gasteiger partial charge < -0.3 is 24.0 Å². The number of halogens is 1. The highest BCUT2D eigenvalue weighted by atomic mass is 127. The largest absolute Gasteiger partial charge is 1.00 e. The van der Waals surface area contributed by atoms with Crippen LogP contribution >= 0.6 is 32.4 Å². The molecule has 0 spiro atoms. The molecule has 0 saturated carbocycles. The molecule has 0 bridgehead atoms. The molecule has 112 valence electrons. The minimum atomic E-state index is 0. The van der Waals surface area contributed by atoms with Crippen molar-refractivity contribution < 1.29 is 28.8 Å². The van der Waals surface area contributed by atoms with Gasteiger partial charge in [-0.15, -0.1) is 11.8 Å². The van der Waals surface area contributed by atoms with Crippen molar-refractivity contribution in [1.82, 2.24) is 4.58 Å². The van der Waals surface area contributed by atoms with Crippen LogP contribution < -0.4 is 33.2 Å². The number of thioether (sulfide) groups is 1. The summed E-state index contributed by atoms with van der Waals surface area (Å²) in [7, 11) is 3.61. The molecule has 1 aromatic carbocycles. The monoisotopic (exact) mass is 449 g/mol. The van der Waals surface area contributed by atoms with Crippen LogP contribution in [0.2, 0.25) is 0 Å². The molecule has 1 aromatic heterocycles. The van der Waals surface area contributed by atoms with Gasteiger partial charge in [-0.2, -0.15) is 0 Å². The van der Waals surface area contributed by atoms with Crippen molar-refractivity contribution in [2.45, 2.75) is 17.1 Å². The molecule has 1 aliphatic heterocycles. The summed E-state index contributed by atoms with van der Waals surface area (Å²) in [4.78, 5) is 12.1. The Hall–Kier alpha value is -0.180. The second kappa shape index (κ2) is 8.45. The SMILES string of the molecule is O=C(CSc1cc(=[N+]2CCCC2)ss1)c1ccccc1.[I-]. The van der Waals surface area contributed by atoms with E-state index in [1.54, 1.807) is 22.1 Å². The predicted molar refractivity (Wildman–Crippen MR) is 87.9 cm³/mol. The number of carbonyl (C=O) groups excluding carboxylic acids is 1. The molecule has 6 heteroatoms. The number of hydrogen-bond donors (Lipinski definition) is 0. The fourth-order valence-corrected chi connectivity index (χ4v) is 6.01. The van der Waals surface area contributed by atoms with Gasteiger partial charge in [-0.05, 0) is 10.3 Å². The number of rotatable bonds is 4. The molecule has 1 fully saturated rings. The summed E-state index contributed by atoms with van der Waals surface area (Å²) in [5.41, 5.74) is 0.806. The molecule has 1 saturated heterocycles. The Labute approximate surface area is 153 Å². The lowest BCUT2D eigenvalue weighted by atomic mass is 10.2. The summed E-state index contributed by atoms with van der Waals surface area (Å²) >= 11 is 1.66. The van der Waals surface area contributed by atoms with E-state index in [2.05, 4.69) is 10.6 Å². The molecule has 0 N–H and O–H groups in total. The average Bonchev–Trinajstić information content (AvgIpc) is 3.16. The molecule has 0 radical (unpaired) electrons. The normalized spacial score (nSPS) is 14.0. The van der Waals surface area contributed by atoms with E-state index in [-0.39, 0.29) is 29.8 Å². The van der Waals surface area contributed by atoms with Gasteiger partial charge in [0.15, 0.2) is 5.78 Å². The molecule has 3 rings (SSSR count). The zero-order valence-electron chi connectivity index (χ0n) is 11.5. The van der Waals surface area contributed by atoms with Crippen molar-refractivity contribution in [3.8, 4) is 0 Å². The van der Waals surface area contributed by atoms with Crippen LogP contribution in [0.15, 0.2) is 40.6 Å². The Balaban J connectivity index is 0.00000161. The number of nitrogens with zero attached hydrogens (tertiary/aromatic N) is 1. The van der Waals surface area contributed by atoms with Crippen molar-refractivity contribution >= 4 is 38.2 Å². The van der Waals surface area contributed by atoms with Gasteiger partial charge in [-0.1, -0.05) is 40.7 Å². The Morgan fingerprint density at radius 3 is 2.57 bits per heavy atom. The summed E-state index contributed by atoms with van der Waals surface area (Å²) in [6, 6.07) is 11.8. The van der Waals surface area contributed by atoms with E-state index in [0.717, 1.165) is 5.56 Å². The number of ketones is 1. The minimum absolute atomic E-state index is 0. The van der Waals surface area contributed by atoms with Crippen molar-refractivity contribution in [2.24, 2.45) is 0 Å². The minimum Gasteiger partial charge on any atom is -1.00 e. The first-order chi connectivity index (χ1) is 9.83. The van der Waals surface area contributed by atoms with E-state index < -0.39 is 0 Å². The van der Waals surface area contributed by atoms with Gasteiger partial charge >= 0.3 is 0 Å². The topological polar surface area (TPSA) is 20.1 Å². The maximum absolute atomic E-state index is 12.1. The van der Waals surface area contributed by atoms with Crippen LogP contribution in [0.5, 0.6) is 0 Å². The number of benzene rings is 1. The van der Waals surface area contributed by atoms with Crippen molar-refractivity contribution in [2.75, 3.05) is 18.8 Å². The highest BCUT2D eigenvalue weighted by Crippen LogP contribution is 2.25. The fourth-order valence-electron chi connectivity index (χ4n) is 2.22. The molecule has 0 amide bonds. The second-order valence-electron chi connectivity index (χ2n) is 4.74. The molecule has 2 aromatic rings. The maximum Gasteiger partial charge on any atom is 0.268 e. The first-order valence-electron chi connectivity index (χ1n) is 6.72. The molecule has 1 aliphatic rings. The van der Waals surface area contributed by atoms with Gasteiger partial charge in [-0.3, -0.25) is 4.79 Å². The van der Waals surface area contributed by atoms with Crippen LogP contribution in [0, 0.1) is 0 Å². The molecular weight excluding hydrogens is 433 g/mol. The van der Waals surface area contributed by atoms with E-state index >= 15 is 0 Å². The summed E-state index contributed by atoms with van der Waals surface area (Å²) in [5, 5.41) is 0. The van der Waals surface area contributed by atoms with Crippen molar-refractivity contribution in [3.05, 3.63) is 46.6 Å². The summed E-state index contributed by atoms with van der Waals surface area (Å²) < 4.78 is 5.06. The van der Waals surface area contributed by atoms with Gasteiger partial charge in [-0.25, -0.2) is 4.58 Å². The lowest BCUT2D eigenvalue weighted by molar-refractivity contribution is -0.0000116. The van der Waals surface area contributed by atoms with Crippen LogP contribution in [-0.2, 0) is 0 Å². The molecule has 0 atom stereocenters. The van der Waals surface area contributed by atoms with Gasteiger partial charge in [0, 0.05) is 24.5 Å². The van der Waals surface area contributed by atoms with E-state index in [4.69, 9.17) is 0 Å². The third-order valence-corrected chi connectivity index (χ3v) is 7.25. The number of carbonyl (C=O) groups is 1. The first-order valence-corrected chi connectivity index (χ1v) is 9.85. The van der Waals surface area contributed by atoms with E-state index in [1.807, 2.05) is 40.7 Å². The Kier molecular flexibility index (Phi) is 6.91. The van der Waals surface area contributed by atoms with Gasteiger partial charge in [0.1, 0.15) is 13.1 Å². The Morgan fingerprint density at radius 2 is 1.86 bits per heavy atom. The summed E-state index contributed by atoms with van der Waals surface area (Å²) in [5.74, 6) is 0.730. The smallest absolute Gasteiger partial charge is 0.268 e. The molecule has 0 unspecified atom stereocenters. The van der Waals surface area contributed by atoms with Gasteiger partial charge in [0.05, 0.1) is 9.96 Å². The second-order valence-corrected chi connectivity index (χ2v) is 8.21. The molecule has 21 heavy (non-hydrogen) atoms. The zero-order chi connectivity index (χ0) is 13.8. The first kappa shape index (κ1) is 17.2. The van der Waals surface area contributed by atoms with Crippen molar-refractivity contribution in [1.29, 1.82) is 0 Å². The molecule has 0 aliphatic carbocycles. The Morgan fingerprint density at radius 1 is 1.14 bits per heavy atom. The maximum atomic E-state index is 12.1. The van der Waals surface area contributed by atoms with Crippen LogP contribution in [0.3, 0.4) is 0 Å². The number of hydrogen-bond acceptors (Lipinski definition) is 4. The van der Waals surface area contributed by atoms with Gasteiger partial charge in [0.2, 0.25) is 0 Å². The molecular formula is C15H16INOS3. The highest BCUT2D eigenvalue weighted by molar-refractivity contribution is 8.03. The number of Topliss-reactive ketones (excluding diaryl/α,β-unsaturated/α-hetero) is 1. The quantitative estimate of drug-likeness (QED) is 0.221. The van der Waals surface area contributed by atoms with E-state index in [9.17, 15) is 4.79 Å². The third-order valence-electron chi connectivity index (χ3n) is 3.31. The Bertz CT molecular complexity index is 655. The lowest BCUT2D eigenvalue weighted by Gasteiger charge is -1.98. The molecule has 2 heterocycles. The van der Waals surface area contributed by atoms with Crippen LogP contribution in [0.25, 0.3) is 0 Å². The molecule has 2 nitrogen and oxygen atoms in total. The fraction of sp³-hybridized carbons (Fsp3) is 0.333. The van der Waals surface area contributed by atoms with Crippen LogP contribution in [-0.4, -0.2) is 24.6 Å². The third kappa shape index (κ3) is 4.64. The van der Waals surface area contributed by atoms with Crippen LogP contribution in [0.1, 0.15) is 23.2 Å². The highest BCUT2D eigenvalue weighted by Gasteiger charge is 2.15. The lowest BCUT2D eigenvalue weighted by Crippen LogP contribution is -3.00. The van der Waals surface area contributed by atoms with E-state index in [0.29, 0.717) is 5.75 Å².